The number of aromatic nitrogens is 2. The molecule has 1 aliphatic rings. The van der Waals surface area contributed by atoms with Crippen molar-refractivity contribution >= 4 is 5.91 Å². The number of carbonyl (C=O) groups excluding carboxylic acids is 1. The highest BCUT2D eigenvalue weighted by molar-refractivity contribution is 5.93. The Morgan fingerprint density at radius 3 is 2.73 bits per heavy atom. The minimum Gasteiger partial charge on any atom is -0.349 e. The minimum absolute atomic E-state index is 0.180. The first kappa shape index (κ1) is 18.5. The Morgan fingerprint density at radius 1 is 1.31 bits per heavy atom. The third-order valence-corrected chi connectivity index (χ3v) is 4.90. The SMILES string of the molecule is Cc1cn(-c2c(F)cccc2F)nc1C(=O)NCCN1CCCCC1C. The number of likely N-dealkylation sites (tertiary alicyclic amines) is 1. The Morgan fingerprint density at radius 2 is 2.04 bits per heavy atom. The summed E-state index contributed by atoms with van der Waals surface area (Å²) in [4.78, 5) is 14.8. The number of nitrogens with zero attached hydrogens (tertiary/aromatic N) is 3. The molecule has 1 saturated heterocycles. The van der Waals surface area contributed by atoms with Crippen molar-refractivity contribution in [3.8, 4) is 5.69 Å². The lowest BCUT2D eigenvalue weighted by Crippen LogP contribution is -2.42. The fourth-order valence-electron chi connectivity index (χ4n) is 3.39. The molecule has 26 heavy (non-hydrogen) atoms. The van der Waals surface area contributed by atoms with E-state index in [2.05, 4.69) is 22.2 Å². The van der Waals surface area contributed by atoms with E-state index in [1.54, 1.807) is 6.92 Å². The normalized spacial score (nSPS) is 18.1. The van der Waals surface area contributed by atoms with Gasteiger partial charge in [-0.2, -0.15) is 5.10 Å². The summed E-state index contributed by atoms with van der Waals surface area (Å²) in [7, 11) is 0. The third kappa shape index (κ3) is 3.93. The van der Waals surface area contributed by atoms with Crippen LogP contribution in [0.15, 0.2) is 24.4 Å². The van der Waals surface area contributed by atoms with E-state index in [-0.39, 0.29) is 17.3 Å². The van der Waals surface area contributed by atoms with E-state index in [1.165, 1.54) is 31.5 Å². The van der Waals surface area contributed by atoms with E-state index in [4.69, 9.17) is 0 Å². The smallest absolute Gasteiger partial charge is 0.272 e. The van der Waals surface area contributed by atoms with Crippen LogP contribution in [0.2, 0.25) is 0 Å². The molecular weight excluding hydrogens is 338 g/mol. The Kier molecular flexibility index (Phi) is 5.66. The van der Waals surface area contributed by atoms with Gasteiger partial charge in [-0.3, -0.25) is 9.69 Å². The second kappa shape index (κ2) is 7.95. The fraction of sp³-hybridized carbons (Fsp3) is 0.474. The van der Waals surface area contributed by atoms with E-state index in [0.717, 1.165) is 29.9 Å². The van der Waals surface area contributed by atoms with E-state index in [1.807, 2.05) is 0 Å². The molecule has 1 aromatic heterocycles. The first-order chi connectivity index (χ1) is 12.5. The second-order valence-corrected chi connectivity index (χ2v) is 6.81. The summed E-state index contributed by atoms with van der Waals surface area (Å²) in [5.74, 6) is -1.78. The van der Waals surface area contributed by atoms with E-state index in [0.29, 0.717) is 18.2 Å². The summed E-state index contributed by atoms with van der Waals surface area (Å²) in [6.45, 7) is 6.26. The van der Waals surface area contributed by atoms with Crippen LogP contribution in [-0.4, -0.2) is 46.3 Å². The zero-order valence-corrected chi connectivity index (χ0v) is 15.1. The molecule has 0 aliphatic carbocycles. The summed E-state index contributed by atoms with van der Waals surface area (Å²) in [6, 6.07) is 4.15. The van der Waals surface area contributed by atoms with Crippen molar-refractivity contribution in [2.75, 3.05) is 19.6 Å². The molecule has 1 amide bonds. The number of benzene rings is 1. The minimum atomic E-state index is -0.724. The van der Waals surface area contributed by atoms with Crippen molar-refractivity contribution in [1.29, 1.82) is 0 Å². The molecule has 7 heteroatoms. The van der Waals surface area contributed by atoms with Gasteiger partial charge >= 0.3 is 0 Å². The topological polar surface area (TPSA) is 50.2 Å². The van der Waals surface area contributed by atoms with Gasteiger partial charge in [0.2, 0.25) is 0 Å². The molecule has 1 aromatic carbocycles. The quantitative estimate of drug-likeness (QED) is 0.889. The van der Waals surface area contributed by atoms with Gasteiger partial charge in [-0.1, -0.05) is 12.5 Å². The van der Waals surface area contributed by atoms with Crippen LogP contribution in [0.1, 0.15) is 42.2 Å². The van der Waals surface area contributed by atoms with Crippen LogP contribution < -0.4 is 5.32 Å². The lowest BCUT2D eigenvalue weighted by molar-refractivity contribution is 0.0932. The van der Waals surface area contributed by atoms with Crippen LogP contribution in [0.5, 0.6) is 0 Å². The number of piperidine rings is 1. The molecular formula is C19H24F2N4O. The van der Waals surface area contributed by atoms with Gasteiger partial charge in [0.25, 0.3) is 5.91 Å². The second-order valence-electron chi connectivity index (χ2n) is 6.81. The highest BCUT2D eigenvalue weighted by Crippen LogP contribution is 2.19. The van der Waals surface area contributed by atoms with Crippen molar-refractivity contribution in [2.45, 2.75) is 39.2 Å². The van der Waals surface area contributed by atoms with Gasteiger partial charge in [-0.25, -0.2) is 13.5 Å². The predicted molar refractivity (Wildman–Crippen MR) is 95.4 cm³/mol. The highest BCUT2D eigenvalue weighted by atomic mass is 19.1. The Hall–Kier alpha value is -2.28. The molecule has 0 bridgehead atoms. The third-order valence-electron chi connectivity index (χ3n) is 4.90. The molecule has 1 aliphatic heterocycles. The maximum Gasteiger partial charge on any atom is 0.272 e. The predicted octanol–water partition coefficient (Wildman–Crippen LogP) is 3.06. The summed E-state index contributed by atoms with van der Waals surface area (Å²) < 4.78 is 28.9. The fourth-order valence-corrected chi connectivity index (χ4v) is 3.39. The standard InChI is InChI=1S/C19H24F2N4O/c1-13-12-25(18-15(20)7-5-8-16(18)21)23-17(13)19(26)22-9-11-24-10-4-3-6-14(24)2/h5,7-8,12,14H,3-4,6,9-11H2,1-2H3,(H,22,26). The number of rotatable bonds is 5. The summed E-state index contributed by atoms with van der Waals surface area (Å²) in [6.07, 6.45) is 5.10. The van der Waals surface area contributed by atoms with E-state index < -0.39 is 11.6 Å². The molecule has 140 valence electrons. The number of amides is 1. The number of para-hydroxylation sites is 1. The first-order valence-corrected chi connectivity index (χ1v) is 9.00. The van der Waals surface area contributed by atoms with Crippen LogP contribution in [0.4, 0.5) is 8.78 Å². The molecule has 0 spiro atoms. The zero-order chi connectivity index (χ0) is 18.7. The molecule has 1 N–H and O–H groups in total. The van der Waals surface area contributed by atoms with Crippen molar-refractivity contribution in [3.63, 3.8) is 0 Å². The van der Waals surface area contributed by atoms with Gasteiger partial charge in [0.05, 0.1) is 0 Å². The average Bonchev–Trinajstić information content (AvgIpc) is 2.98. The summed E-state index contributed by atoms with van der Waals surface area (Å²) in [5.41, 5.74) is 0.465. The van der Waals surface area contributed by atoms with E-state index >= 15 is 0 Å². The van der Waals surface area contributed by atoms with E-state index in [9.17, 15) is 13.6 Å². The van der Waals surface area contributed by atoms with Crippen molar-refractivity contribution in [1.82, 2.24) is 20.0 Å². The van der Waals surface area contributed by atoms with Gasteiger partial charge in [0.15, 0.2) is 17.3 Å². The molecule has 1 atom stereocenters. The summed E-state index contributed by atoms with van der Waals surface area (Å²) in [5, 5.41) is 6.95. The van der Waals surface area contributed by atoms with Crippen molar-refractivity contribution in [2.24, 2.45) is 0 Å². The van der Waals surface area contributed by atoms with Gasteiger partial charge in [0.1, 0.15) is 5.69 Å². The first-order valence-electron chi connectivity index (χ1n) is 9.00. The number of aryl methyl sites for hydroxylation is 1. The molecule has 5 nitrogen and oxygen atoms in total. The average molecular weight is 362 g/mol. The number of nitrogens with one attached hydrogen (secondary N) is 1. The Labute approximate surface area is 152 Å². The largest absolute Gasteiger partial charge is 0.349 e. The van der Waals surface area contributed by atoms with Gasteiger partial charge < -0.3 is 5.32 Å². The van der Waals surface area contributed by atoms with Crippen molar-refractivity contribution < 1.29 is 13.6 Å². The maximum absolute atomic E-state index is 13.9. The summed E-state index contributed by atoms with van der Waals surface area (Å²) >= 11 is 0. The number of hydrogen-bond donors (Lipinski definition) is 1. The van der Waals surface area contributed by atoms with Crippen LogP contribution >= 0.6 is 0 Å². The van der Waals surface area contributed by atoms with Crippen molar-refractivity contribution in [3.05, 3.63) is 47.3 Å². The van der Waals surface area contributed by atoms with Gasteiger partial charge in [-0.15, -0.1) is 0 Å². The lowest BCUT2D eigenvalue weighted by atomic mass is 10.0. The van der Waals surface area contributed by atoms with Crippen LogP contribution in [0.3, 0.4) is 0 Å². The zero-order valence-electron chi connectivity index (χ0n) is 15.1. The molecule has 1 fully saturated rings. The molecule has 1 unspecified atom stereocenters. The van der Waals surface area contributed by atoms with Crippen LogP contribution in [-0.2, 0) is 0 Å². The number of halogens is 2. The van der Waals surface area contributed by atoms with Gasteiger partial charge in [0, 0.05) is 30.9 Å². The molecule has 0 saturated carbocycles. The molecule has 2 heterocycles. The lowest BCUT2D eigenvalue weighted by Gasteiger charge is -2.33. The Bertz CT molecular complexity index is 770. The highest BCUT2D eigenvalue weighted by Gasteiger charge is 2.20. The Balaban J connectivity index is 1.66. The van der Waals surface area contributed by atoms with Gasteiger partial charge in [-0.05, 0) is 45.4 Å². The maximum atomic E-state index is 13.9. The molecule has 2 aromatic rings. The van der Waals surface area contributed by atoms with Crippen LogP contribution in [0, 0.1) is 18.6 Å². The molecule has 0 radical (unpaired) electrons. The molecule has 3 rings (SSSR count). The number of carbonyl (C=O) groups is 1. The number of hydrogen-bond acceptors (Lipinski definition) is 3. The van der Waals surface area contributed by atoms with Crippen LogP contribution in [0.25, 0.3) is 5.69 Å². The monoisotopic (exact) mass is 362 g/mol.